The zero-order valence-corrected chi connectivity index (χ0v) is 21.6. The van der Waals surface area contributed by atoms with Crippen LogP contribution in [0, 0.1) is 0 Å². The Balaban J connectivity index is 1.20. The molecule has 1 saturated carbocycles. The third-order valence-electron chi connectivity index (χ3n) is 7.52. The smallest absolute Gasteiger partial charge is 0.319 e. The van der Waals surface area contributed by atoms with Gasteiger partial charge in [-0.2, -0.15) is 0 Å². The minimum Gasteiger partial charge on any atom is -0.497 e. The third-order valence-corrected chi connectivity index (χ3v) is 7.52. The molecule has 1 aliphatic carbocycles. The van der Waals surface area contributed by atoms with Crippen LogP contribution < -0.4 is 15.4 Å². The molecule has 0 spiro atoms. The van der Waals surface area contributed by atoms with Crippen molar-refractivity contribution in [1.82, 2.24) is 15.2 Å². The summed E-state index contributed by atoms with van der Waals surface area (Å²) in [7, 11) is 1.66. The van der Waals surface area contributed by atoms with Gasteiger partial charge in [0, 0.05) is 36.8 Å². The van der Waals surface area contributed by atoms with Crippen molar-refractivity contribution in [1.29, 1.82) is 0 Å². The van der Waals surface area contributed by atoms with Crippen molar-refractivity contribution < 1.29 is 14.3 Å². The lowest BCUT2D eigenvalue weighted by Crippen LogP contribution is -2.38. The van der Waals surface area contributed by atoms with E-state index in [1.54, 1.807) is 7.11 Å². The van der Waals surface area contributed by atoms with Gasteiger partial charge in [-0.15, -0.1) is 0 Å². The number of methoxy groups -OCH3 is 1. The highest BCUT2D eigenvalue weighted by molar-refractivity contribution is 6.07. The van der Waals surface area contributed by atoms with Crippen LogP contribution in [0.4, 0.5) is 10.5 Å². The molecule has 0 atom stereocenters. The molecule has 3 aromatic carbocycles. The summed E-state index contributed by atoms with van der Waals surface area (Å²) in [6.45, 7) is 4.28. The molecule has 0 bridgehead atoms. The van der Waals surface area contributed by atoms with E-state index in [1.165, 1.54) is 0 Å². The maximum Gasteiger partial charge on any atom is 0.319 e. The molecule has 2 heterocycles. The van der Waals surface area contributed by atoms with Gasteiger partial charge in [0.15, 0.2) is 0 Å². The molecule has 7 heteroatoms. The highest BCUT2D eigenvalue weighted by Gasteiger charge is 2.46. The summed E-state index contributed by atoms with van der Waals surface area (Å²) in [5.41, 5.74) is 4.70. The number of carbonyl (C=O) groups is 1. The van der Waals surface area contributed by atoms with Crippen LogP contribution in [-0.4, -0.2) is 49.3 Å². The molecule has 0 radical (unpaired) electrons. The number of rotatable bonds is 7. The Labute approximate surface area is 222 Å². The van der Waals surface area contributed by atoms with Crippen molar-refractivity contribution >= 4 is 22.5 Å². The lowest BCUT2D eigenvalue weighted by molar-refractivity contribution is 0.0336. The van der Waals surface area contributed by atoms with E-state index >= 15 is 0 Å². The molecule has 4 aromatic rings. The van der Waals surface area contributed by atoms with Crippen LogP contribution in [0.25, 0.3) is 21.9 Å². The van der Waals surface area contributed by atoms with Crippen LogP contribution in [0.2, 0.25) is 0 Å². The number of hydrogen-bond acceptors (Lipinski definition) is 5. The summed E-state index contributed by atoms with van der Waals surface area (Å²) in [5, 5.41) is 8.37. The summed E-state index contributed by atoms with van der Waals surface area (Å²) >= 11 is 0. The van der Waals surface area contributed by atoms with Gasteiger partial charge in [-0.1, -0.05) is 48.5 Å². The fourth-order valence-electron chi connectivity index (χ4n) is 5.23. The zero-order chi connectivity index (χ0) is 26.0. The molecular weight excluding hydrogens is 476 g/mol. The first-order chi connectivity index (χ1) is 18.6. The van der Waals surface area contributed by atoms with Crippen LogP contribution in [0.5, 0.6) is 5.75 Å². The van der Waals surface area contributed by atoms with E-state index in [0.29, 0.717) is 0 Å². The summed E-state index contributed by atoms with van der Waals surface area (Å²) in [6, 6.07) is 24.1. The van der Waals surface area contributed by atoms with Gasteiger partial charge in [0.1, 0.15) is 5.75 Å². The minimum atomic E-state index is -0.344. The van der Waals surface area contributed by atoms with Gasteiger partial charge in [-0.3, -0.25) is 9.88 Å². The van der Waals surface area contributed by atoms with Crippen molar-refractivity contribution in [2.24, 2.45) is 0 Å². The number of carbonyl (C=O) groups excluding carboxylic acids is 1. The number of urea groups is 1. The predicted molar refractivity (Wildman–Crippen MR) is 149 cm³/mol. The molecule has 1 saturated heterocycles. The summed E-state index contributed by atoms with van der Waals surface area (Å²) in [4.78, 5) is 20.2. The van der Waals surface area contributed by atoms with Gasteiger partial charge < -0.3 is 20.1 Å². The van der Waals surface area contributed by atoms with Crippen LogP contribution in [0.15, 0.2) is 79.0 Å². The Morgan fingerprint density at radius 2 is 1.82 bits per heavy atom. The normalized spacial score (nSPS) is 16.7. The Morgan fingerprint density at radius 3 is 2.55 bits per heavy atom. The standard InChI is InChI=1S/C31H32N4O3/c1-37-25-6-4-5-23(19-25)31(13-14-31)34-30(36)33-29-12-11-26(27-7-2-3-8-28(27)29)22-9-10-24(32-20-22)21-35-15-17-38-18-16-35/h2-12,19-20H,13-18,21H2,1H3,(H2,33,34,36). The number of benzene rings is 3. The first-order valence-corrected chi connectivity index (χ1v) is 13.1. The SMILES string of the molecule is COc1cccc(C2(NC(=O)Nc3ccc(-c4ccc(CN5CCOCC5)nc4)c4ccccc34)CC2)c1. The second-order valence-electron chi connectivity index (χ2n) is 10.0. The maximum atomic E-state index is 13.1. The van der Waals surface area contributed by atoms with E-state index in [2.05, 4.69) is 39.8 Å². The molecule has 1 aliphatic heterocycles. The van der Waals surface area contributed by atoms with Crippen molar-refractivity contribution in [3.8, 4) is 16.9 Å². The monoisotopic (exact) mass is 508 g/mol. The van der Waals surface area contributed by atoms with E-state index in [-0.39, 0.29) is 11.6 Å². The van der Waals surface area contributed by atoms with E-state index in [1.807, 2.05) is 54.7 Å². The highest BCUT2D eigenvalue weighted by Crippen LogP contribution is 2.46. The largest absolute Gasteiger partial charge is 0.497 e. The molecule has 2 aliphatic rings. The average molecular weight is 509 g/mol. The molecule has 38 heavy (non-hydrogen) atoms. The molecule has 2 fully saturated rings. The number of amides is 2. The molecular formula is C31H32N4O3. The van der Waals surface area contributed by atoms with Crippen molar-refractivity contribution in [2.75, 3.05) is 38.7 Å². The zero-order valence-electron chi connectivity index (χ0n) is 21.6. The van der Waals surface area contributed by atoms with Crippen molar-refractivity contribution in [3.63, 3.8) is 0 Å². The minimum absolute atomic E-state index is 0.211. The average Bonchev–Trinajstić information content (AvgIpc) is 3.75. The summed E-state index contributed by atoms with van der Waals surface area (Å²) in [5.74, 6) is 0.793. The molecule has 7 nitrogen and oxygen atoms in total. The molecule has 2 amide bonds. The van der Waals surface area contributed by atoms with Crippen molar-refractivity contribution in [2.45, 2.75) is 24.9 Å². The predicted octanol–water partition coefficient (Wildman–Crippen LogP) is 5.55. The van der Waals surface area contributed by atoms with E-state index in [4.69, 9.17) is 14.5 Å². The first kappa shape index (κ1) is 24.4. The Morgan fingerprint density at radius 1 is 1.00 bits per heavy atom. The van der Waals surface area contributed by atoms with Crippen LogP contribution in [-0.2, 0) is 16.8 Å². The van der Waals surface area contributed by atoms with Gasteiger partial charge in [0.05, 0.1) is 37.2 Å². The molecule has 6 rings (SSSR count). The Bertz CT molecular complexity index is 1440. The van der Waals surface area contributed by atoms with Gasteiger partial charge in [0.2, 0.25) is 0 Å². The van der Waals surface area contributed by atoms with Crippen LogP contribution in [0.1, 0.15) is 24.1 Å². The topological polar surface area (TPSA) is 75.7 Å². The molecule has 2 N–H and O–H groups in total. The quantitative estimate of drug-likeness (QED) is 0.342. The summed E-state index contributed by atoms with van der Waals surface area (Å²) < 4.78 is 10.8. The van der Waals surface area contributed by atoms with E-state index < -0.39 is 0 Å². The number of morpholine rings is 1. The van der Waals surface area contributed by atoms with Crippen LogP contribution in [0.3, 0.4) is 0 Å². The second kappa shape index (κ2) is 10.4. The number of anilines is 1. The van der Waals surface area contributed by atoms with Gasteiger partial charge >= 0.3 is 6.03 Å². The molecule has 194 valence electrons. The third kappa shape index (κ3) is 5.08. The van der Waals surface area contributed by atoms with Gasteiger partial charge in [-0.05, 0) is 53.6 Å². The lowest BCUT2D eigenvalue weighted by atomic mass is 9.98. The number of ether oxygens (including phenoxy) is 2. The van der Waals surface area contributed by atoms with Crippen molar-refractivity contribution in [3.05, 3.63) is 90.3 Å². The highest BCUT2D eigenvalue weighted by atomic mass is 16.5. The molecule has 1 aromatic heterocycles. The van der Waals surface area contributed by atoms with E-state index in [0.717, 1.165) is 90.3 Å². The molecule has 0 unspecified atom stereocenters. The van der Waals surface area contributed by atoms with Gasteiger partial charge in [-0.25, -0.2) is 4.79 Å². The number of aromatic nitrogens is 1. The fourth-order valence-corrected chi connectivity index (χ4v) is 5.23. The van der Waals surface area contributed by atoms with Gasteiger partial charge in [0.25, 0.3) is 0 Å². The Kier molecular flexibility index (Phi) is 6.70. The number of fused-ring (bicyclic) bond motifs is 1. The Hall–Kier alpha value is -3.94. The first-order valence-electron chi connectivity index (χ1n) is 13.1. The number of nitrogens with zero attached hydrogens (tertiary/aromatic N) is 2. The number of hydrogen-bond donors (Lipinski definition) is 2. The number of pyridine rings is 1. The summed E-state index contributed by atoms with van der Waals surface area (Å²) in [6.07, 6.45) is 3.76. The van der Waals surface area contributed by atoms with Crippen LogP contribution >= 0.6 is 0 Å². The van der Waals surface area contributed by atoms with E-state index in [9.17, 15) is 4.79 Å². The lowest BCUT2D eigenvalue weighted by Gasteiger charge is -2.26. The fraction of sp³-hybridized carbons (Fsp3) is 0.290. The number of nitrogens with one attached hydrogen (secondary N) is 2. The maximum absolute atomic E-state index is 13.1. The second-order valence-corrected chi connectivity index (χ2v) is 10.0.